The van der Waals surface area contributed by atoms with Gasteiger partial charge >= 0.3 is 0 Å². The molecule has 8 heteroatoms. The molecule has 21 heavy (non-hydrogen) atoms. The number of nitrogens with zero attached hydrogens (tertiary/aromatic N) is 5. The monoisotopic (exact) mass is 395 g/mol. The Hall–Kier alpha value is -2.23. The van der Waals surface area contributed by atoms with Gasteiger partial charge in [0.05, 0.1) is 23.8 Å². The van der Waals surface area contributed by atoms with E-state index in [-0.39, 0.29) is 0 Å². The van der Waals surface area contributed by atoms with E-state index in [9.17, 15) is 0 Å². The Kier molecular flexibility index (Phi) is 5.04. The molecule has 0 atom stereocenters. The molecule has 0 saturated carbocycles. The fourth-order valence-electron chi connectivity index (χ4n) is 1.39. The van der Waals surface area contributed by atoms with Gasteiger partial charge in [-0.05, 0) is 53.8 Å². The zero-order valence-corrected chi connectivity index (χ0v) is 13.5. The third-order valence-corrected chi connectivity index (χ3v) is 3.03. The van der Waals surface area contributed by atoms with Crippen LogP contribution in [0.2, 0.25) is 0 Å². The number of aromatic nitrogens is 5. The van der Waals surface area contributed by atoms with Gasteiger partial charge in [0.25, 0.3) is 0 Å². The lowest BCUT2D eigenvalue weighted by atomic mass is 10.4. The van der Waals surface area contributed by atoms with Gasteiger partial charge < -0.3 is 11.5 Å². The third-order valence-electron chi connectivity index (χ3n) is 2.39. The van der Waals surface area contributed by atoms with Gasteiger partial charge in [0.15, 0.2) is 0 Å². The van der Waals surface area contributed by atoms with Crippen molar-refractivity contribution in [1.82, 2.24) is 25.0 Å². The van der Waals surface area contributed by atoms with Crippen LogP contribution >= 0.6 is 22.6 Å². The van der Waals surface area contributed by atoms with Crippen LogP contribution in [0.4, 0.5) is 11.6 Å². The van der Waals surface area contributed by atoms with Crippen molar-refractivity contribution in [2.75, 3.05) is 11.5 Å². The summed E-state index contributed by atoms with van der Waals surface area (Å²) in [7, 11) is 0. The van der Waals surface area contributed by atoms with E-state index in [4.69, 9.17) is 11.5 Å². The molecule has 3 heterocycles. The maximum absolute atomic E-state index is 5.45. The SMILES string of the molecule is Cc1cn(-c2ccc(N)nc2)nn1.Nc1ccc(I)cn1. The summed E-state index contributed by atoms with van der Waals surface area (Å²) < 4.78 is 2.76. The Bertz CT molecular complexity index is 670. The Morgan fingerprint density at radius 3 is 2.10 bits per heavy atom. The van der Waals surface area contributed by atoms with Crippen LogP contribution in [-0.4, -0.2) is 25.0 Å². The van der Waals surface area contributed by atoms with Crippen LogP contribution in [-0.2, 0) is 0 Å². The van der Waals surface area contributed by atoms with Gasteiger partial charge in [0.1, 0.15) is 11.6 Å². The van der Waals surface area contributed by atoms with Crippen LogP contribution in [0.15, 0.2) is 42.9 Å². The highest BCUT2D eigenvalue weighted by molar-refractivity contribution is 14.1. The molecule has 0 radical (unpaired) electrons. The number of anilines is 2. The van der Waals surface area contributed by atoms with Gasteiger partial charge in [-0.15, -0.1) is 5.10 Å². The third kappa shape index (κ3) is 4.67. The number of pyridine rings is 2. The molecule has 4 N–H and O–H groups in total. The Labute approximate surface area is 135 Å². The van der Waals surface area contributed by atoms with E-state index in [0.29, 0.717) is 11.6 Å². The van der Waals surface area contributed by atoms with Crippen LogP contribution in [0, 0.1) is 10.5 Å². The highest BCUT2D eigenvalue weighted by Crippen LogP contribution is 2.06. The lowest BCUT2D eigenvalue weighted by molar-refractivity contribution is 0.797. The molecule has 0 fully saturated rings. The molecule has 0 spiro atoms. The molecule has 0 aliphatic carbocycles. The molecule has 108 valence electrons. The molecule has 0 aliphatic heterocycles. The molecule has 3 aromatic heterocycles. The van der Waals surface area contributed by atoms with Crippen molar-refractivity contribution in [3.63, 3.8) is 0 Å². The molecule has 7 nitrogen and oxygen atoms in total. The summed E-state index contributed by atoms with van der Waals surface area (Å²) in [6.45, 7) is 1.88. The smallest absolute Gasteiger partial charge is 0.123 e. The number of halogens is 1. The lowest BCUT2D eigenvalue weighted by Crippen LogP contribution is -1.97. The summed E-state index contributed by atoms with van der Waals surface area (Å²) in [5.74, 6) is 1.08. The second-order valence-electron chi connectivity index (χ2n) is 4.15. The molecule has 0 aromatic carbocycles. The second kappa shape index (κ2) is 6.97. The molecular formula is C13H14IN7. The maximum atomic E-state index is 5.45. The first-order valence-electron chi connectivity index (χ1n) is 6.02. The van der Waals surface area contributed by atoms with E-state index in [1.165, 1.54) is 0 Å². The van der Waals surface area contributed by atoms with Crippen LogP contribution in [0.1, 0.15) is 5.69 Å². The van der Waals surface area contributed by atoms with Crippen molar-refractivity contribution in [3.8, 4) is 5.69 Å². The molecule has 0 bridgehead atoms. The lowest BCUT2D eigenvalue weighted by Gasteiger charge is -1.98. The number of rotatable bonds is 1. The van der Waals surface area contributed by atoms with Crippen LogP contribution in [0.3, 0.4) is 0 Å². The fourth-order valence-corrected chi connectivity index (χ4v) is 1.71. The highest BCUT2D eigenvalue weighted by Gasteiger charge is 1.98. The summed E-state index contributed by atoms with van der Waals surface area (Å²) in [6.07, 6.45) is 5.21. The number of hydrogen-bond donors (Lipinski definition) is 2. The maximum Gasteiger partial charge on any atom is 0.123 e. The van der Waals surface area contributed by atoms with Gasteiger partial charge in [-0.2, -0.15) is 0 Å². The normalized spacial score (nSPS) is 9.81. The summed E-state index contributed by atoms with van der Waals surface area (Å²) in [5.41, 5.74) is 12.5. The standard InChI is InChI=1S/C8H9N5.C5H5IN2/c1-6-5-13(12-11-6)7-2-3-8(9)10-4-7;6-4-1-2-5(7)8-3-4/h2-5H,1H3,(H2,9,10);1-3H,(H2,7,8). The number of nitrogen functional groups attached to an aromatic ring is 2. The second-order valence-corrected chi connectivity index (χ2v) is 5.39. The van der Waals surface area contributed by atoms with E-state index in [2.05, 4.69) is 42.9 Å². The minimum absolute atomic E-state index is 0.501. The molecule has 3 rings (SSSR count). The average molecular weight is 395 g/mol. The zero-order valence-electron chi connectivity index (χ0n) is 11.3. The van der Waals surface area contributed by atoms with Crippen molar-refractivity contribution in [1.29, 1.82) is 0 Å². The Morgan fingerprint density at radius 2 is 1.67 bits per heavy atom. The molecule has 0 amide bonds. The van der Waals surface area contributed by atoms with Crippen molar-refractivity contribution < 1.29 is 0 Å². The Balaban J connectivity index is 0.000000173. The van der Waals surface area contributed by atoms with Crippen LogP contribution in [0.5, 0.6) is 0 Å². The van der Waals surface area contributed by atoms with Gasteiger partial charge in [-0.3, -0.25) is 0 Å². The van der Waals surface area contributed by atoms with Crippen molar-refractivity contribution in [2.24, 2.45) is 0 Å². The minimum Gasteiger partial charge on any atom is -0.384 e. The number of hydrogen-bond acceptors (Lipinski definition) is 6. The number of aryl methyl sites for hydroxylation is 1. The largest absolute Gasteiger partial charge is 0.384 e. The highest BCUT2D eigenvalue weighted by atomic mass is 127. The molecule has 3 aromatic rings. The average Bonchev–Trinajstić information content (AvgIpc) is 2.90. The van der Waals surface area contributed by atoms with E-state index >= 15 is 0 Å². The van der Waals surface area contributed by atoms with E-state index < -0.39 is 0 Å². The van der Waals surface area contributed by atoms with Crippen molar-refractivity contribution in [3.05, 3.63) is 52.1 Å². The summed E-state index contributed by atoms with van der Waals surface area (Å²) >= 11 is 2.18. The minimum atomic E-state index is 0.501. The summed E-state index contributed by atoms with van der Waals surface area (Å²) in [4.78, 5) is 7.80. The van der Waals surface area contributed by atoms with Gasteiger partial charge in [0.2, 0.25) is 0 Å². The predicted molar refractivity (Wildman–Crippen MR) is 89.7 cm³/mol. The zero-order chi connectivity index (χ0) is 15.2. The van der Waals surface area contributed by atoms with E-state index in [0.717, 1.165) is 15.0 Å². The van der Waals surface area contributed by atoms with E-state index in [1.807, 2.05) is 25.3 Å². The predicted octanol–water partition coefficient (Wildman–Crippen LogP) is 1.82. The topological polar surface area (TPSA) is 109 Å². The Morgan fingerprint density at radius 1 is 1.00 bits per heavy atom. The molecular weight excluding hydrogens is 381 g/mol. The first-order chi connectivity index (χ1) is 10.0. The quantitative estimate of drug-likeness (QED) is 0.609. The van der Waals surface area contributed by atoms with Crippen LogP contribution in [0.25, 0.3) is 5.69 Å². The molecule has 0 aliphatic rings. The number of nitrogens with two attached hydrogens (primary N) is 2. The van der Waals surface area contributed by atoms with Crippen molar-refractivity contribution >= 4 is 34.2 Å². The molecule has 0 saturated heterocycles. The van der Waals surface area contributed by atoms with Gasteiger partial charge in [-0.25, -0.2) is 14.6 Å². The van der Waals surface area contributed by atoms with E-state index in [1.54, 1.807) is 29.2 Å². The summed E-state index contributed by atoms with van der Waals surface area (Å²) in [5, 5.41) is 7.77. The molecule has 0 unspecified atom stereocenters. The van der Waals surface area contributed by atoms with Crippen molar-refractivity contribution in [2.45, 2.75) is 6.92 Å². The summed E-state index contributed by atoms with van der Waals surface area (Å²) in [6, 6.07) is 7.27. The van der Waals surface area contributed by atoms with Crippen LogP contribution < -0.4 is 11.5 Å². The first kappa shape index (κ1) is 15.2. The van der Waals surface area contributed by atoms with Gasteiger partial charge in [-0.1, -0.05) is 5.21 Å². The fraction of sp³-hybridized carbons (Fsp3) is 0.0769. The first-order valence-corrected chi connectivity index (χ1v) is 7.10. The van der Waals surface area contributed by atoms with Gasteiger partial charge in [0, 0.05) is 9.77 Å².